The highest BCUT2D eigenvalue weighted by molar-refractivity contribution is 7.21. The summed E-state index contributed by atoms with van der Waals surface area (Å²) in [5, 5.41) is 14.9. The summed E-state index contributed by atoms with van der Waals surface area (Å²) in [7, 11) is 0. The molecule has 1 amide bonds. The van der Waals surface area contributed by atoms with Crippen molar-refractivity contribution in [3.05, 3.63) is 57.4 Å². The Morgan fingerprint density at radius 2 is 2.15 bits per heavy atom. The number of benzene rings is 2. The van der Waals surface area contributed by atoms with Crippen molar-refractivity contribution in [1.29, 1.82) is 0 Å². The Hall–Kier alpha value is -2.57. The summed E-state index contributed by atoms with van der Waals surface area (Å²) in [5.41, 5.74) is 4.28. The standard InChI is InChI=1S/C19H17ClN2O3S/c1-3-25-15-9-12(5-7-14(15)23)10-21-22-19(24)18-17(20)13-6-4-11(2)8-16(13)26-18/h4-10,23H,3H2,1-2H3,(H,22,24)/b21-10+. The van der Waals surface area contributed by atoms with Crippen LogP contribution in [-0.4, -0.2) is 23.8 Å². The highest BCUT2D eigenvalue weighted by Gasteiger charge is 2.16. The van der Waals surface area contributed by atoms with E-state index in [2.05, 4.69) is 10.5 Å². The topological polar surface area (TPSA) is 70.9 Å². The summed E-state index contributed by atoms with van der Waals surface area (Å²) in [5.74, 6) is 0.0556. The SMILES string of the molecule is CCOc1cc(/C=N/NC(=O)c2sc3cc(C)ccc3c2Cl)ccc1O. The average molecular weight is 389 g/mol. The first kappa shape index (κ1) is 18.2. The summed E-state index contributed by atoms with van der Waals surface area (Å²) >= 11 is 7.66. The zero-order valence-corrected chi connectivity index (χ0v) is 15.8. The second-order valence-corrected chi connectivity index (χ2v) is 7.03. The number of halogens is 1. The minimum absolute atomic E-state index is 0.0559. The molecule has 0 fully saturated rings. The number of hydrazone groups is 1. The summed E-state index contributed by atoms with van der Waals surface area (Å²) < 4.78 is 6.28. The molecule has 3 rings (SSSR count). The van der Waals surface area contributed by atoms with Crippen LogP contribution in [-0.2, 0) is 0 Å². The third kappa shape index (κ3) is 3.81. The number of hydrogen-bond acceptors (Lipinski definition) is 5. The molecule has 0 aliphatic rings. The van der Waals surface area contributed by atoms with Crippen LogP contribution in [0.2, 0.25) is 5.02 Å². The van der Waals surface area contributed by atoms with Crippen molar-refractivity contribution in [1.82, 2.24) is 5.43 Å². The molecule has 0 aliphatic heterocycles. The molecule has 2 aromatic carbocycles. The number of fused-ring (bicyclic) bond motifs is 1. The number of phenols is 1. The minimum atomic E-state index is -0.367. The van der Waals surface area contributed by atoms with Crippen LogP contribution in [0.5, 0.6) is 11.5 Å². The molecule has 0 atom stereocenters. The Kier molecular flexibility index (Phi) is 5.44. The lowest BCUT2D eigenvalue weighted by molar-refractivity contribution is 0.0959. The summed E-state index contributed by atoms with van der Waals surface area (Å²) in [6.45, 7) is 4.26. The monoisotopic (exact) mass is 388 g/mol. The summed E-state index contributed by atoms with van der Waals surface area (Å²) in [4.78, 5) is 12.8. The molecule has 5 nitrogen and oxygen atoms in total. The van der Waals surface area contributed by atoms with E-state index in [-0.39, 0.29) is 11.7 Å². The fourth-order valence-corrected chi connectivity index (χ4v) is 3.92. The Morgan fingerprint density at radius 3 is 2.92 bits per heavy atom. The molecule has 7 heteroatoms. The van der Waals surface area contributed by atoms with Gasteiger partial charge in [0.25, 0.3) is 5.91 Å². The maximum Gasteiger partial charge on any atom is 0.283 e. The van der Waals surface area contributed by atoms with Gasteiger partial charge in [-0.05, 0) is 49.2 Å². The summed E-state index contributed by atoms with van der Waals surface area (Å²) in [6, 6.07) is 10.7. The van der Waals surface area contributed by atoms with Crippen LogP contribution in [0.1, 0.15) is 27.7 Å². The largest absolute Gasteiger partial charge is 0.504 e. The molecule has 1 heterocycles. The zero-order valence-electron chi connectivity index (χ0n) is 14.2. The predicted octanol–water partition coefficient (Wildman–Crippen LogP) is 4.73. The normalized spacial score (nSPS) is 11.2. The molecule has 0 radical (unpaired) electrons. The van der Waals surface area contributed by atoms with Gasteiger partial charge in [0.05, 0.1) is 17.8 Å². The lowest BCUT2D eigenvalue weighted by Crippen LogP contribution is -2.16. The average Bonchev–Trinajstić information content (AvgIpc) is 2.94. The fourth-order valence-electron chi connectivity index (χ4n) is 2.42. The number of ether oxygens (including phenoxy) is 1. The first-order chi connectivity index (χ1) is 12.5. The zero-order chi connectivity index (χ0) is 18.7. The van der Waals surface area contributed by atoms with Crippen LogP contribution in [0.4, 0.5) is 0 Å². The number of nitrogens with one attached hydrogen (secondary N) is 1. The van der Waals surface area contributed by atoms with E-state index in [1.807, 2.05) is 32.0 Å². The molecule has 26 heavy (non-hydrogen) atoms. The van der Waals surface area contributed by atoms with Crippen molar-refractivity contribution in [2.24, 2.45) is 5.10 Å². The van der Waals surface area contributed by atoms with Gasteiger partial charge in [-0.15, -0.1) is 11.3 Å². The molecule has 0 unspecified atom stereocenters. The first-order valence-corrected chi connectivity index (χ1v) is 9.17. The van der Waals surface area contributed by atoms with Gasteiger partial charge in [-0.2, -0.15) is 5.10 Å². The van der Waals surface area contributed by atoms with E-state index in [4.69, 9.17) is 16.3 Å². The molecule has 2 N–H and O–H groups in total. The highest BCUT2D eigenvalue weighted by atomic mass is 35.5. The second kappa shape index (κ2) is 7.76. The molecule has 1 aromatic heterocycles. The van der Waals surface area contributed by atoms with E-state index in [0.717, 1.165) is 15.6 Å². The van der Waals surface area contributed by atoms with Crippen LogP contribution in [0.25, 0.3) is 10.1 Å². The van der Waals surface area contributed by atoms with Gasteiger partial charge in [-0.1, -0.05) is 23.7 Å². The third-order valence-corrected chi connectivity index (χ3v) is 5.31. The van der Waals surface area contributed by atoms with Crippen molar-refractivity contribution in [3.8, 4) is 11.5 Å². The minimum Gasteiger partial charge on any atom is -0.504 e. The molecule has 0 aliphatic carbocycles. The van der Waals surface area contributed by atoms with Gasteiger partial charge in [0.15, 0.2) is 11.5 Å². The van der Waals surface area contributed by atoms with Gasteiger partial charge in [0.2, 0.25) is 0 Å². The maximum atomic E-state index is 12.4. The number of hydrogen-bond donors (Lipinski definition) is 2. The van der Waals surface area contributed by atoms with Crippen molar-refractivity contribution >= 4 is 45.1 Å². The molecule has 0 spiro atoms. The number of aryl methyl sites for hydroxylation is 1. The molecular weight excluding hydrogens is 372 g/mol. The number of amides is 1. The van der Waals surface area contributed by atoms with Crippen LogP contribution in [0.3, 0.4) is 0 Å². The van der Waals surface area contributed by atoms with Crippen molar-refractivity contribution < 1.29 is 14.6 Å². The van der Waals surface area contributed by atoms with E-state index in [1.165, 1.54) is 23.6 Å². The van der Waals surface area contributed by atoms with E-state index >= 15 is 0 Å². The van der Waals surface area contributed by atoms with Crippen LogP contribution in [0, 0.1) is 6.92 Å². The summed E-state index contributed by atoms with van der Waals surface area (Å²) in [6.07, 6.45) is 1.48. The van der Waals surface area contributed by atoms with Gasteiger partial charge < -0.3 is 9.84 Å². The number of thiophene rings is 1. The first-order valence-electron chi connectivity index (χ1n) is 7.97. The predicted molar refractivity (Wildman–Crippen MR) is 106 cm³/mol. The van der Waals surface area contributed by atoms with E-state index < -0.39 is 0 Å². The lowest BCUT2D eigenvalue weighted by Gasteiger charge is -2.05. The molecular formula is C19H17ClN2O3S. The van der Waals surface area contributed by atoms with Crippen LogP contribution in [0.15, 0.2) is 41.5 Å². The fraction of sp³-hybridized carbons (Fsp3) is 0.158. The van der Waals surface area contributed by atoms with Crippen molar-refractivity contribution in [2.45, 2.75) is 13.8 Å². The van der Waals surface area contributed by atoms with Gasteiger partial charge in [0.1, 0.15) is 4.88 Å². The molecule has 3 aromatic rings. The van der Waals surface area contributed by atoms with Crippen LogP contribution >= 0.6 is 22.9 Å². The lowest BCUT2D eigenvalue weighted by atomic mass is 10.2. The number of nitrogens with zero attached hydrogens (tertiary/aromatic N) is 1. The quantitative estimate of drug-likeness (QED) is 0.490. The van der Waals surface area contributed by atoms with Crippen molar-refractivity contribution in [2.75, 3.05) is 6.61 Å². The highest BCUT2D eigenvalue weighted by Crippen LogP contribution is 2.35. The molecule has 0 bridgehead atoms. The van der Waals surface area contributed by atoms with Gasteiger partial charge in [0, 0.05) is 10.1 Å². The molecule has 134 valence electrons. The Labute approximate surface area is 159 Å². The van der Waals surface area contributed by atoms with Gasteiger partial charge >= 0.3 is 0 Å². The Morgan fingerprint density at radius 1 is 1.35 bits per heavy atom. The molecule has 0 saturated carbocycles. The smallest absolute Gasteiger partial charge is 0.283 e. The Balaban J connectivity index is 1.76. The number of carbonyl (C=O) groups is 1. The number of phenolic OH excluding ortho intramolecular Hbond substituents is 1. The second-order valence-electron chi connectivity index (χ2n) is 5.60. The third-order valence-electron chi connectivity index (χ3n) is 3.65. The number of aromatic hydroxyl groups is 1. The van der Waals surface area contributed by atoms with E-state index in [0.29, 0.717) is 27.8 Å². The Bertz CT molecular complexity index is 998. The maximum absolute atomic E-state index is 12.4. The van der Waals surface area contributed by atoms with Crippen LogP contribution < -0.4 is 10.2 Å². The molecule has 0 saturated heterocycles. The van der Waals surface area contributed by atoms with E-state index in [9.17, 15) is 9.90 Å². The van der Waals surface area contributed by atoms with E-state index in [1.54, 1.807) is 12.1 Å². The van der Waals surface area contributed by atoms with Gasteiger partial charge in [-0.3, -0.25) is 4.79 Å². The van der Waals surface area contributed by atoms with Crippen molar-refractivity contribution in [3.63, 3.8) is 0 Å². The number of rotatable bonds is 5. The number of carbonyl (C=O) groups excluding carboxylic acids is 1. The van der Waals surface area contributed by atoms with Gasteiger partial charge in [-0.25, -0.2) is 5.43 Å².